The zero-order valence-electron chi connectivity index (χ0n) is 17.7. The molecule has 31 heavy (non-hydrogen) atoms. The van der Waals surface area contributed by atoms with Crippen LogP contribution in [0.3, 0.4) is 0 Å². The quantitative estimate of drug-likeness (QED) is 0.565. The second kappa shape index (κ2) is 11.4. The van der Waals surface area contributed by atoms with E-state index in [1.807, 2.05) is 0 Å². The number of piperidine rings is 1. The fraction of sp³-hybridized carbons (Fsp3) is 0.842. The average molecular weight is 449 g/mol. The molecule has 3 rings (SSSR count). The smallest absolute Gasteiger partial charge is 0.475 e. The number of hydrogen-bond acceptors (Lipinski definition) is 7. The van der Waals surface area contributed by atoms with Crippen LogP contribution in [0.5, 0.6) is 0 Å². The van der Waals surface area contributed by atoms with Crippen LogP contribution in [0, 0.1) is 23.7 Å². The third-order valence-corrected chi connectivity index (χ3v) is 5.68. The number of carbonyl (C=O) groups excluding carboxylic acids is 1. The lowest BCUT2D eigenvalue weighted by atomic mass is 9.69. The van der Waals surface area contributed by atoms with Gasteiger partial charge in [-0.15, -0.1) is 5.10 Å². The van der Waals surface area contributed by atoms with E-state index in [1.165, 1.54) is 19.3 Å². The van der Waals surface area contributed by atoms with Crippen LogP contribution in [-0.2, 0) is 20.7 Å². The molecule has 0 aromatic carbocycles. The summed E-state index contributed by atoms with van der Waals surface area (Å²) >= 11 is 0. The van der Waals surface area contributed by atoms with Crippen molar-refractivity contribution < 1.29 is 32.6 Å². The number of carboxylic acid groups (broad SMARTS) is 1. The molecule has 1 saturated carbocycles. The van der Waals surface area contributed by atoms with Gasteiger partial charge in [0.05, 0.1) is 6.61 Å². The molecule has 1 aliphatic heterocycles. The molecule has 1 aliphatic carbocycles. The second-order valence-electron chi connectivity index (χ2n) is 8.61. The lowest BCUT2D eigenvalue weighted by Crippen LogP contribution is -2.50. The van der Waals surface area contributed by atoms with Crippen molar-refractivity contribution in [3.63, 3.8) is 0 Å². The van der Waals surface area contributed by atoms with Crippen LogP contribution in [-0.4, -0.2) is 63.0 Å². The number of fused-ring (bicyclic) bond motifs is 1. The van der Waals surface area contributed by atoms with E-state index >= 15 is 0 Å². The monoisotopic (exact) mass is 449 g/mol. The molecule has 0 bridgehead atoms. The largest absolute Gasteiger partial charge is 0.490 e. The van der Waals surface area contributed by atoms with E-state index < -0.39 is 12.1 Å². The molecule has 2 fully saturated rings. The maximum absolute atomic E-state index is 12.2. The first-order chi connectivity index (χ1) is 14.6. The van der Waals surface area contributed by atoms with Crippen LogP contribution in [0.25, 0.3) is 0 Å². The van der Waals surface area contributed by atoms with Gasteiger partial charge in [-0.2, -0.15) is 13.2 Å². The Bertz CT molecular complexity index is 699. The summed E-state index contributed by atoms with van der Waals surface area (Å²) in [5.74, 6) is 0.482. The summed E-state index contributed by atoms with van der Waals surface area (Å²) in [5, 5.41) is 24.6. The van der Waals surface area contributed by atoms with Crippen molar-refractivity contribution >= 4 is 11.9 Å². The van der Waals surface area contributed by atoms with Gasteiger partial charge in [-0.1, -0.05) is 20.3 Å². The van der Waals surface area contributed by atoms with Gasteiger partial charge in [0, 0.05) is 6.42 Å². The Morgan fingerprint density at radius 3 is 2.52 bits per heavy atom. The van der Waals surface area contributed by atoms with Crippen molar-refractivity contribution in [1.29, 1.82) is 0 Å². The van der Waals surface area contributed by atoms with Gasteiger partial charge in [-0.3, -0.25) is 4.79 Å². The topological polar surface area (TPSA) is 130 Å². The van der Waals surface area contributed by atoms with Gasteiger partial charge >= 0.3 is 18.1 Å². The van der Waals surface area contributed by atoms with Gasteiger partial charge in [0.25, 0.3) is 0 Å². The summed E-state index contributed by atoms with van der Waals surface area (Å²) in [6.45, 7) is 5.59. The van der Waals surface area contributed by atoms with Crippen molar-refractivity contribution in [2.75, 3.05) is 13.2 Å². The number of aliphatic carboxylic acids is 1. The highest BCUT2D eigenvalue weighted by Gasteiger charge is 2.39. The highest BCUT2D eigenvalue weighted by atomic mass is 19.4. The molecule has 0 radical (unpaired) electrons. The molecule has 1 aromatic heterocycles. The number of hydrogen-bond donors (Lipinski definition) is 3. The van der Waals surface area contributed by atoms with Crippen LogP contribution in [0.2, 0.25) is 0 Å². The number of aryl methyl sites for hydroxylation is 1. The Morgan fingerprint density at radius 2 is 1.94 bits per heavy atom. The molecule has 0 unspecified atom stereocenters. The molecule has 4 atom stereocenters. The maximum Gasteiger partial charge on any atom is 0.490 e. The summed E-state index contributed by atoms with van der Waals surface area (Å²) in [4.78, 5) is 21.1. The van der Waals surface area contributed by atoms with Crippen LogP contribution in [0.15, 0.2) is 0 Å². The van der Waals surface area contributed by atoms with Crippen LogP contribution in [0.4, 0.5) is 13.2 Å². The summed E-state index contributed by atoms with van der Waals surface area (Å²) in [5.41, 5.74) is 0. The van der Waals surface area contributed by atoms with Gasteiger partial charge in [0.15, 0.2) is 0 Å². The Hall–Kier alpha value is -2.24. The number of nitrogens with zero attached hydrogens (tertiary/aromatic N) is 3. The number of aromatic nitrogens is 4. The van der Waals surface area contributed by atoms with Crippen molar-refractivity contribution in [3.05, 3.63) is 5.82 Å². The van der Waals surface area contributed by atoms with E-state index in [4.69, 9.17) is 14.6 Å². The number of tetrazole rings is 1. The Morgan fingerprint density at radius 1 is 1.23 bits per heavy atom. The van der Waals surface area contributed by atoms with E-state index in [1.54, 1.807) is 0 Å². The van der Waals surface area contributed by atoms with Gasteiger partial charge < -0.3 is 15.2 Å². The minimum atomic E-state index is -5.08. The first kappa shape index (κ1) is 25.0. The van der Waals surface area contributed by atoms with Crippen LogP contribution < -0.4 is 5.32 Å². The average Bonchev–Trinajstić information content (AvgIpc) is 3.23. The second-order valence-corrected chi connectivity index (χ2v) is 8.61. The third-order valence-electron chi connectivity index (χ3n) is 5.68. The number of ether oxygens (including phenoxy) is 1. The van der Waals surface area contributed by atoms with Crippen LogP contribution in [0.1, 0.15) is 51.8 Å². The zero-order valence-corrected chi connectivity index (χ0v) is 17.7. The predicted molar refractivity (Wildman–Crippen MR) is 103 cm³/mol. The highest BCUT2D eigenvalue weighted by molar-refractivity contribution is 5.76. The molecule has 12 heteroatoms. The molecular weight excluding hydrogens is 419 g/mol. The predicted octanol–water partition coefficient (Wildman–Crippen LogP) is 2.36. The minimum absolute atomic E-state index is 0.0722. The minimum Gasteiger partial charge on any atom is -0.475 e. The van der Waals surface area contributed by atoms with Crippen molar-refractivity contribution in [2.24, 2.45) is 23.7 Å². The number of carboxylic acids is 1. The Labute approximate surface area is 178 Å². The number of alkyl halides is 3. The first-order valence-electron chi connectivity index (χ1n) is 10.5. The molecule has 1 saturated heterocycles. The number of H-pyrrole nitrogens is 1. The van der Waals surface area contributed by atoms with E-state index in [0.717, 1.165) is 31.6 Å². The summed E-state index contributed by atoms with van der Waals surface area (Å²) in [7, 11) is 0. The van der Waals surface area contributed by atoms with E-state index in [-0.39, 0.29) is 12.0 Å². The molecule has 0 spiro atoms. The van der Waals surface area contributed by atoms with Crippen molar-refractivity contribution in [2.45, 2.75) is 64.6 Å². The molecular formula is C19H30F3N5O4. The van der Waals surface area contributed by atoms with Crippen LogP contribution >= 0.6 is 0 Å². The third kappa shape index (κ3) is 8.42. The van der Waals surface area contributed by atoms with Gasteiger partial charge in [0.2, 0.25) is 0 Å². The van der Waals surface area contributed by atoms with E-state index in [0.29, 0.717) is 30.3 Å². The molecule has 2 aliphatic rings. The lowest BCUT2D eigenvalue weighted by Gasteiger charge is -2.42. The van der Waals surface area contributed by atoms with Gasteiger partial charge in [0.1, 0.15) is 11.9 Å². The number of nitrogens with one attached hydrogen (secondary N) is 2. The number of carbonyl (C=O) groups is 2. The summed E-state index contributed by atoms with van der Waals surface area (Å²) < 4.78 is 37.2. The molecule has 9 nitrogen and oxygen atoms in total. The molecule has 176 valence electrons. The first-order valence-corrected chi connectivity index (χ1v) is 10.5. The standard InChI is InChI=1S/C17H29N5O2.C2HF3O2/c1-11(2)10-24-17(23)15-8-14-7-12(3-5-13(14)9-18-15)4-6-16-19-21-22-20-16;3-2(4,5)1(6)7/h11-15,18H,3-10H2,1-2H3,(H,19,20,21,22);(H,6,7)/t12-,13+,14-,15+;/m1./s1. The number of aromatic amines is 1. The highest BCUT2D eigenvalue weighted by Crippen LogP contribution is 2.40. The summed E-state index contributed by atoms with van der Waals surface area (Å²) in [6.07, 6.45) is 1.60. The number of esters is 1. The molecule has 1 aromatic rings. The lowest BCUT2D eigenvalue weighted by molar-refractivity contribution is -0.192. The fourth-order valence-corrected chi connectivity index (χ4v) is 4.08. The number of rotatable bonds is 6. The summed E-state index contributed by atoms with van der Waals surface area (Å²) in [6, 6.07) is -0.123. The molecule has 0 amide bonds. The fourth-order valence-electron chi connectivity index (χ4n) is 4.08. The SMILES string of the molecule is CC(C)COC(=O)[C@@H]1C[C@H]2C[C@@H](CCc3nnn[nH]3)CC[C@H]2CN1.O=C(O)C(F)(F)F. The molecule has 3 N–H and O–H groups in total. The van der Waals surface area contributed by atoms with E-state index in [9.17, 15) is 18.0 Å². The van der Waals surface area contributed by atoms with Gasteiger partial charge in [-0.05, 0) is 66.3 Å². The van der Waals surface area contributed by atoms with Gasteiger partial charge in [-0.25, -0.2) is 9.89 Å². The van der Waals surface area contributed by atoms with E-state index in [2.05, 4.69) is 39.8 Å². The Kier molecular flexibility index (Phi) is 9.20. The van der Waals surface area contributed by atoms with Crippen molar-refractivity contribution in [1.82, 2.24) is 25.9 Å². The molecule has 2 heterocycles. The zero-order chi connectivity index (χ0) is 23.0. The maximum atomic E-state index is 12.2. The normalized spacial score (nSPS) is 25.9. The Balaban J connectivity index is 0.000000423. The number of halogens is 3. The van der Waals surface area contributed by atoms with Crippen molar-refractivity contribution in [3.8, 4) is 0 Å².